The van der Waals surface area contributed by atoms with Gasteiger partial charge in [0.25, 0.3) is 0 Å². The molecule has 17 heteroatoms. The second-order valence-electron chi connectivity index (χ2n) is 15.5. The number of unbranched alkanes of at least 4 members (excludes halogenated alkanes) is 1. The molecule has 1 aromatic carbocycles. The number of nitrogens with one attached hydrogen (secondary N) is 6. The van der Waals surface area contributed by atoms with Crippen molar-refractivity contribution in [3.8, 4) is 0 Å². The van der Waals surface area contributed by atoms with E-state index in [9.17, 15) is 33.6 Å². The lowest BCUT2D eigenvalue weighted by Gasteiger charge is -2.32. The number of hydrogen-bond donors (Lipinski definition) is 8. The van der Waals surface area contributed by atoms with E-state index in [-0.39, 0.29) is 55.6 Å². The monoisotopic (exact) mass is 835 g/mol. The Kier molecular flexibility index (Phi) is 22.1. The van der Waals surface area contributed by atoms with Crippen LogP contribution < -0.4 is 37.6 Å². The topological polar surface area (TPSA) is 238 Å². The molecule has 0 saturated carbocycles. The summed E-state index contributed by atoms with van der Waals surface area (Å²) in [5.41, 5.74) is 6.23. The van der Waals surface area contributed by atoms with Crippen LogP contribution in [0.3, 0.4) is 0 Å². The Hall–Kier alpha value is -3.83. The Morgan fingerprint density at radius 1 is 0.947 bits per heavy atom. The minimum atomic E-state index is -1.55. The van der Waals surface area contributed by atoms with Gasteiger partial charge in [0, 0.05) is 42.4 Å². The van der Waals surface area contributed by atoms with Gasteiger partial charge in [-0.25, -0.2) is 0 Å². The van der Waals surface area contributed by atoms with Crippen molar-refractivity contribution in [3.05, 3.63) is 35.4 Å². The average Bonchev–Trinajstić information content (AvgIpc) is 3.14. The van der Waals surface area contributed by atoms with Gasteiger partial charge in [-0.05, 0) is 75.5 Å². The van der Waals surface area contributed by atoms with Gasteiger partial charge < -0.3 is 42.7 Å². The van der Waals surface area contributed by atoms with Gasteiger partial charge in [-0.3, -0.25) is 33.6 Å². The zero-order chi connectivity index (χ0) is 42.5. The largest absolute Gasteiger partial charge is 0.481 e. The lowest BCUT2D eigenvalue weighted by Crippen LogP contribution is -2.63. The van der Waals surface area contributed by atoms with Gasteiger partial charge in [0.05, 0.1) is 0 Å². The summed E-state index contributed by atoms with van der Waals surface area (Å²) in [5, 5.41) is 25.9. The van der Waals surface area contributed by atoms with Crippen LogP contribution in [0.5, 0.6) is 0 Å². The zero-order valence-corrected chi connectivity index (χ0v) is 36.0. The molecule has 1 aliphatic rings. The number of carboxylic acids is 1. The van der Waals surface area contributed by atoms with Crippen molar-refractivity contribution < 1.29 is 38.7 Å². The Labute approximate surface area is 346 Å². The van der Waals surface area contributed by atoms with Gasteiger partial charge >= 0.3 is 5.97 Å². The van der Waals surface area contributed by atoms with E-state index in [4.69, 9.17) is 10.8 Å². The Bertz CT molecular complexity index is 1510. The molecule has 0 saturated heterocycles. The third-order valence-electron chi connectivity index (χ3n) is 9.51. The summed E-state index contributed by atoms with van der Waals surface area (Å²) in [7, 11) is 0. The van der Waals surface area contributed by atoms with Crippen LogP contribution in [0.4, 0.5) is 0 Å². The van der Waals surface area contributed by atoms with Crippen molar-refractivity contribution in [2.24, 2.45) is 17.6 Å². The number of aliphatic carboxylic acids is 1. The molecule has 1 aromatic rings. The molecule has 320 valence electrons. The number of rotatable bonds is 15. The van der Waals surface area contributed by atoms with E-state index in [2.05, 4.69) is 38.0 Å². The molecule has 0 aromatic heterocycles. The third-order valence-corrected chi connectivity index (χ3v) is 11.6. The number of benzene rings is 1. The lowest BCUT2D eigenvalue weighted by molar-refractivity contribution is -0.137. The fourth-order valence-corrected chi connectivity index (χ4v) is 7.79. The third kappa shape index (κ3) is 18.5. The summed E-state index contributed by atoms with van der Waals surface area (Å²) < 4.78 is 0. The number of carbonyl (C=O) groups excluding carboxylic acids is 6. The summed E-state index contributed by atoms with van der Waals surface area (Å²) in [6.45, 7) is 11.4. The molecule has 5 atom stereocenters. The molecule has 15 nitrogen and oxygen atoms in total. The Morgan fingerprint density at radius 3 is 2.26 bits per heavy atom. The normalized spacial score (nSPS) is 21.3. The van der Waals surface area contributed by atoms with Crippen molar-refractivity contribution in [2.45, 2.75) is 134 Å². The van der Waals surface area contributed by atoms with E-state index in [1.165, 1.54) is 25.6 Å². The molecule has 0 spiro atoms. The number of thioether (sulfide) groups is 2. The van der Waals surface area contributed by atoms with Crippen molar-refractivity contribution >= 4 is 64.9 Å². The minimum absolute atomic E-state index is 0.00291. The maximum Gasteiger partial charge on any atom is 0.303 e. The second kappa shape index (κ2) is 25.5. The van der Waals surface area contributed by atoms with Crippen LogP contribution >= 0.6 is 23.5 Å². The van der Waals surface area contributed by atoms with Crippen LogP contribution in [0.15, 0.2) is 24.3 Å². The maximum absolute atomic E-state index is 14.1. The summed E-state index contributed by atoms with van der Waals surface area (Å²) >= 11 is 3.08. The standard InChI is InChI=1S/C40H65N7O8S2/c1-7-26(4)34-38(54)42-18-19-56-22-27-12-10-13-28(21-27)23-57-24-31(37(53)47-40(5,6)39(55)45-30(20-25(2)3)36(52)46-34)44-35(51)29(14-8-9-17-41)43-32(48)15-11-16-33(49)50/h10,12-13,21,25-26,29-31,34H,7-9,11,14-20,22-24,41H2,1-6H3,(H,42,54)(H,43,48)(H,44,51)(H,45,55)(H,46,52)(H,47,53)(H,49,50)/t26-,29-,30-,31-,34-/m0/s1. The van der Waals surface area contributed by atoms with Gasteiger partial charge in [0.1, 0.15) is 29.7 Å². The van der Waals surface area contributed by atoms with E-state index in [0.717, 1.165) is 11.1 Å². The fourth-order valence-electron chi connectivity index (χ4n) is 5.98. The lowest BCUT2D eigenvalue weighted by atomic mass is 9.96. The molecule has 2 rings (SSSR count). The highest BCUT2D eigenvalue weighted by Gasteiger charge is 2.37. The van der Waals surface area contributed by atoms with Crippen molar-refractivity contribution in [1.29, 1.82) is 0 Å². The molecule has 1 heterocycles. The van der Waals surface area contributed by atoms with Crippen LogP contribution in [-0.2, 0) is 45.1 Å². The number of fused-ring (bicyclic) bond motifs is 2. The van der Waals surface area contributed by atoms with Crippen LogP contribution in [0.1, 0.15) is 104 Å². The molecule has 57 heavy (non-hydrogen) atoms. The summed E-state index contributed by atoms with van der Waals surface area (Å²) in [5.74, 6) is -2.39. The van der Waals surface area contributed by atoms with Crippen LogP contribution in [0.25, 0.3) is 0 Å². The predicted octanol–water partition coefficient (Wildman–Crippen LogP) is 2.59. The van der Waals surface area contributed by atoms with Crippen molar-refractivity contribution in [3.63, 3.8) is 0 Å². The van der Waals surface area contributed by atoms with E-state index in [1.54, 1.807) is 11.8 Å². The number of carbonyl (C=O) groups is 7. The highest BCUT2D eigenvalue weighted by Crippen LogP contribution is 2.20. The van der Waals surface area contributed by atoms with E-state index < -0.39 is 65.2 Å². The summed E-state index contributed by atoms with van der Waals surface area (Å²) in [6, 6.07) is 4.05. The zero-order valence-electron chi connectivity index (χ0n) is 34.4. The summed E-state index contributed by atoms with van der Waals surface area (Å²) in [6.07, 6.45) is 2.09. The number of carboxylic acid groups (broad SMARTS) is 1. The SMILES string of the molecule is CC[C@H](C)[C@@H]1NC(=O)[C@H](CC(C)C)NC(=O)C(C)(C)NC(=O)[C@@H](NC(=O)[C@H](CCCCN)NC(=O)CCCC(=O)O)CSCc2cccc(c2)CSCCNC1=O. The molecule has 0 aliphatic carbocycles. The molecule has 9 N–H and O–H groups in total. The molecule has 0 fully saturated rings. The molecule has 6 amide bonds. The molecular formula is C40H65N7O8S2. The van der Waals surface area contributed by atoms with Crippen molar-refractivity contribution in [1.82, 2.24) is 31.9 Å². The van der Waals surface area contributed by atoms with Crippen LogP contribution in [0, 0.1) is 11.8 Å². The first-order chi connectivity index (χ1) is 27.0. The van der Waals surface area contributed by atoms with Gasteiger partial charge in [0.15, 0.2) is 0 Å². The highest BCUT2D eigenvalue weighted by molar-refractivity contribution is 7.98. The van der Waals surface area contributed by atoms with E-state index >= 15 is 0 Å². The highest BCUT2D eigenvalue weighted by atomic mass is 32.2. The first kappa shape index (κ1) is 49.3. The number of amides is 6. The average molecular weight is 836 g/mol. The van der Waals surface area contributed by atoms with Gasteiger partial charge in [0.2, 0.25) is 35.4 Å². The molecule has 1 aliphatic heterocycles. The molecule has 0 unspecified atom stereocenters. The number of nitrogens with two attached hydrogens (primary N) is 1. The molecule has 2 bridgehead atoms. The van der Waals surface area contributed by atoms with E-state index in [0.29, 0.717) is 49.6 Å². The van der Waals surface area contributed by atoms with E-state index in [1.807, 2.05) is 45.9 Å². The Morgan fingerprint density at radius 2 is 1.63 bits per heavy atom. The van der Waals surface area contributed by atoms with Gasteiger partial charge in [-0.2, -0.15) is 23.5 Å². The van der Waals surface area contributed by atoms with Crippen LogP contribution in [0.2, 0.25) is 0 Å². The quantitative estimate of drug-likeness (QED) is 0.120. The van der Waals surface area contributed by atoms with Gasteiger partial charge in [-0.15, -0.1) is 0 Å². The van der Waals surface area contributed by atoms with Crippen LogP contribution in [-0.4, -0.2) is 101 Å². The van der Waals surface area contributed by atoms with Crippen molar-refractivity contribution in [2.75, 3.05) is 24.6 Å². The summed E-state index contributed by atoms with van der Waals surface area (Å²) in [4.78, 5) is 92.5. The second-order valence-corrected chi connectivity index (χ2v) is 17.7. The fraction of sp³-hybridized carbons (Fsp3) is 0.675. The minimum Gasteiger partial charge on any atom is -0.481 e. The number of hydrogen-bond acceptors (Lipinski definition) is 10. The van der Waals surface area contributed by atoms with Gasteiger partial charge in [-0.1, -0.05) is 58.4 Å². The first-order valence-electron chi connectivity index (χ1n) is 19.9. The predicted molar refractivity (Wildman–Crippen MR) is 225 cm³/mol. The maximum atomic E-state index is 14.1. The molecule has 0 radical (unpaired) electrons. The smallest absolute Gasteiger partial charge is 0.303 e. The molecular weight excluding hydrogens is 771 g/mol. The first-order valence-corrected chi connectivity index (χ1v) is 22.2. The Balaban J connectivity index is 2.44.